The molecule has 176 valence electrons. The van der Waals surface area contributed by atoms with Crippen LogP contribution in [0, 0.1) is 6.92 Å². The quantitative estimate of drug-likeness (QED) is 0.222. The van der Waals surface area contributed by atoms with Crippen LogP contribution >= 0.6 is 0 Å². The summed E-state index contributed by atoms with van der Waals surface area (Å²) in [5, 5.41) is 11.1. The van der Waals surface area contributed by atoms with Gasteiger partial charge in [0.15, 0.2) is 0 Å². The number of ketones is 1. The number of aryl methyl sites for hydroxylation is 1. The van der Waals surface area contributed by atoms with Crippen molar-refractivity contribution in [3.63, 3.8) is 0 Å². The van der Waals surface area contributed by atoms with Gasteiger partial charge in [0.1, 0.15) is 35.7 Å². The van der Waals surface area contributed by atoms with Crippen LogP contribution in [0.5, 0.6) is 5.75 Å². The van der Waals surface area contributed by atoms with E-state index in [1.807, 2.05) is 25.1 Å². The highest BCUT2D eigenvalue weighted by atomic mass is 16.5. The average Bonchev–Trinajstić information content (AvgIpc) is 3.62. The van der Waals surface area contributed by atoms with Gasteiger partial charge < -0.3 is 23.6 Å². The van der Waals surface area contributed by atoms with E-state index in [1.165, 1.54) is 17.4 Å². The molecule has 4 aromatic rings. The Kier molecular flexibility index (Phi) is 5.97. The summed E-state index contributed by atoms with van der Waals surface area (Å²) < 4.78 is 16.8. The normalized spacial score (nSPS) is 17.2. The van der Waals surface area contributed by atoms with Crippen LogP contribution in [0.1, 0.15) is 34.3 Å². The maximum absolute atomic E-state index is 13.0. The SMILES string of the molecule is Cc1cccc(COc2ccc(C(O)=C3C(=O)C(=O)N(Cc4ccco4)[C@@H]3c3ccco3)cc2)c1. The van der Waals surface area contributed by atoms with Gasteiger partial charge in [-0.15, -0.1) is 0 Å². The van der Waals surface area contributed by atoms with Gasteiger partial charge in [0.25, 0.3) is 11.7 Å². The number of hydrogen-bond donors (Lipinski definition) is 1. The maximum Gasteiger partial charge on any atom is 0.296 e. The average molecular weight is 469 g/mol. The lowest BCUT2D eigenvalue weighted by atomic mass is 9.99. The predicted octanol–water partition coefficient (Wildman–Crippen LogP) is 5.38. The van der Waals surface area contributed by atoms with Crippen molar-refractivity contribution in [2.24, 2.45) is 0 Å². The fourth-order valence-corrected chi connectivity index (χ4v) is 4.19. The first kappa shape index (κ1) is 22.3. The Labute approximate surface area is 201 Å². The zero-order chi connectivity index (χ0) is 24.4. The van der Waals surface area contributed by atoms with Gasteiger partial charge >= 0.3 is 0 Å². The molecule has 2 aromatic heterocycles. The lowest BCUT2D eigenvalue weighted by Gasteiger charge is -2.22. The number of ether oxygens (including phenoxy) is 1. The smallest absolute Gasteiger partial charge is 0.296 e. The number of aliphatic hydroxyl groups excluding tert-OH is 1. The van der Waals surface area contributed by atoms with Crippen molar-refractivity contribution in [2.45, 2.75) is 26.1 Å². The molecule has 1 saturated heterocycles. The largest absolute Gasteiger partial charge is 0.507 e. The lowest BCUT2D eigenvalue weighted by molar-refractivity contribution is -0.140. The Hall–Kier alpha value is -4.52. The first-order valence-electron chi connectivity index (χ1n) is 11.1. The molecule has 1 aliphatic heterocycles. The second-order valence-electron chi connectivity index (χ2n) is 8.32. The highest BCUT2D eigenvalue weighted by Crippen LogP contribution is 2.40. The molecule has 1 aliphatic rings. The van der Waals surface area contributed by atoms with Gasteiger partial charge in [0.05, 0.1) is 24.6 Å². The summed E-state index contributed by atoms with van der Waals surface area (Å²) in [6, 6.07) is 20.7. The van der Waals surface area contributed by atoms with Crippen LogP contribution in [-0.2, 0) is 22.7 Å². The number of carbonyl (C=O) groups excluding carboxylic acids is 2. The van der Waals surface area contributed by atoms with Crippen LogP contribution in [0.3, 0.4) is 0 Å². The molecule has 35 heavy (non-hydrogen) atoms. The lowest BCUT2D eigenvalue weighted by Crippen LogP contribution is -2.28. The molecule has 7 nitrogen and oxygen atoms in total. The molecule has 7 heteroatoms. The zero-order valence-corrected chi connectivity index (χ0v) is 19.0. The van der Waals surface area contributed by atoms with Crippen LogP contribution in [0.4, 0.5) is 0 Å². The van der Waals surface area contributed by atoms with Gasteiger partial charge in [-0.25, -0.2) is 0 Å². The third kappa shape index (κ3) is 4.48. The fourth-order valence-electron chi connectivity index (χ4n) is 4.19. The fraction of sp³-hybridized carbons (Fsp3) is 0.143. The van der Waals surface area contributed by atoms with E-state index >= 15 is 0 Å². The second-order valence-corrected chi connectivity index (χ2v) is 8.32. The molecule has 0 bridgehead atoms. The number of furan rings is 2. The minimum absolute atomic E-state index is 0.0371. The van der Waals surface area contributed by atoms with Crippen molar-refractivity contribution in [3.8, 4) is 5.75 Å². The summed E-state index contributed by atoms with van der Waals surface area (Å²) in [4.78, 5) is 27.3. The van der Waals surface area contributed by atoms with Gasteiger partial charge in [0, 0.05) is 5.56 Å². The van der Waals surface area contributed by atoms with Gasteiger partial charge in [-0.1, -0.05) is 29.8 Å². The summed E-state index contributed by atoms with van der Waals surface area (Å²) in [6.07, 6.45) is 2.96. The van der Waals surface area contributed by atoms with Gasteiger partial charge in [-0.2, -0.15) is 0 Å². The van der Waals surface area contributed by atoms with E-state index in [0.717, 1.165) is 11.1 Å². The summed E-state index contributed by atoms with van der Waals surface area (Å²) in [5.74, 6) is -0.299. The number of hydrogen-bond acceptors (Lipinski definition) is 6. The molecule has 0 unspecified atom stereocenters. The number of Topliss-reactive ketones (excluding diaryl/α,β-unsaturated/α-hetero) is 1. The number of nitrogens with zero attached hydrogens (tertiary/aromatic N) is 1. The molecule has 2 aromatic carbocycles. The van der Waals surface area contributed by atoms with E-state index in [-0.39, 0.29) is 17.9 Å². The number of benzene rings is 2. The second kappa shape index (κ2) is 9.38. The molecular weight excluding hydrogens is 446 g/mol. The van der Waals surface area contributed by atoms with Crippen molar-refractivity contribution in [3.05, 3.63) is 119 Å². The van der Waals surface area contributed by atoms with Gasteiger partial charge in [-0.3, -0.25) is 9.59 Å². The van der Waals surface area contributed by atoms with Crippen molar-refractivity contribution < 1.29 is 28.3 Å². The topological polar surface area (TPSA) is 93.1 Å². The Bertz CT molecular complexity index is 1370. The molecule has 5 rings (SSSR count). The highest BCUT2D eigenvalue weighted by molar-refractivity contribution is 6.46. The number of amides is 1. The Balaban J connectivity index is 1.43. The molecule has 1 atom stereocenters. The van der Waals surface area contributed by atoms with Crippen LogP contribution in [0.2, 0.25) is 0 Å². The molecule has 1 N–H and O–H groups in total. The van der Waals surface area contributed by atoms with E-state index in [2.05, 4.69) is 6.07 Å². The summed E-state index contributed by atoms with van der Waals surface area (Å²) >= 11 is 0. The van der Waals surface area contributed by atoms with Gasteiger partial charge in [-0.05, 0) is 61.0 Å². The van der Waals surface area contributed by atoms with E-state index in [9.17, 15) is 14.7 Å². The van der Waals surface area contributed by atoms with E-state index < -0.39 is 17.7 Å². The highest BCUT2D eigenvalue weighted by Gasteiger charge is 2.47. The predicted molar refractivity (Wildman–Crippen MR) is 127 cm³/mol. The minimum atomic E-state index is -0.882. The summed E-state index contributed by atoms with van der Waals surface area (Å²) in [7, 11) is 0. The molecule has 3 heterocycles. The van der Waals surface area contributed by atoms with Gasteiger partial charge in [0.2, 0.25) is 0 Å². The van der Waals surface area contributed by atoms with Crippen molar-refractivity contribution >= 4 is 17.4 Å². The Morgan fingerprint density at radius 1 is 0.971 bits per heavy atom. The van der Waals surface area contributed by atoms with Crippen LogP contribution in [-0.4, -0.2) is 21.7 Å². The zero-order valence-electron chi connectivity index (χ0n) is 19.0. The summed E-state index contributed by atoms with van der Waals surface area (Å²) in [5.41, 5.74) is 2.55. The van der Waals surface area contributed by atoms with Crippen LogP contribution in [0.15, 0.2) is 99.7 Å². The molecule has 1 fully saturated rings. The third-order valence-corrected chi connectivity index (χ3v) is 5.87. The maximum atomic E-state index is 13.0. The Morgan fingerprint density at radius 2 is 1.74 bits per heavy atom. The van der Waals surface area contributed by atoms with E-state index in [0.29, 0.717) is 29.4 Å². The standard InChI is InChI=1S/C28H23NO6/c1-18-5-2-6-19(15-18)17-35-21-11-9-20(10-12-21)26(30)24-25(23-8-4-14-34-23)29(28(32)27(24)31)16-22-7-3-13-33-22/h2-15,25,30H,16-17H2,1H3/t25-/m1/s1. The number of likely N-dealkylation sites (tertiary alicyclic amines) is 1. The third-order valence-electron chi connectivity index (χ3n) is 5.87. The van der Waals surface area contributed by atoms with E-state index in [1.54, 1.807) is 48.5 Å². The molecule has 1 amide bonds. The molecule has 0 saturated carbocycles. The minimum Gasteiger partial charge on any atom is -0.507 e. The van der Waals surface area contributed by atoms with Crippen molar-refractivity contribution in [1.82, 2.24) is 4.90 Å². The van der Waals surface area contributed by atoms with Crippen molar-refractivity contribution in [2.75, 3.05) is 0 Å². The van der Waals surface area contributed by atoms with Crippen LogP contribution in [0.25, 0.3) is 5.76 Å². The van der Waals surface area contributed by atoms with Crippen molar-refractivity contribution in [1.29, 1.82) is 0 Å². The summed E-state index contributed by atoms with van der Waals surface area (Å²) in [6.45, 7) is 2.49. The van der Waals surface area contributed by atoms with Crippen LogP contribution < -0.4 is 4.74 Å². The first-order chi connectivity index (χ1) is 17.0. The molecular formula is C28H23NO6. The first-order valence-corrected chi connectivity index (χ1v) is 11.1. The Morgan fingerprint density at radius 3 is 2.43 bits per heavy atom. The molecule has 0 aliphatic carbocycles. The molecule has 0 radical (unpaired) electrons. The van der Waals surface area contributed by atoms with E-state index in [4.69, 9.17) is 13.6 Å². The number of carbonyl (C=O) groups is 2. The number of aliphatic hydroxyl groups is 1. The monoisotopic (exact) mass is 469 g/mol. The number of rotatable bonds is 7. The molecule has 0 spiro atoms.